The third-order valence-electron chi connectivity index (χ3n) is 2.05. The van der Waals surface area contributed by atoms with Crippen molar-refractivity contribution in [2.24, 2.45) is 0 Å². The lowest BCUT2D eigenvalue weighted by atomic mass is 10.2. The number of aromatic nitrogens is 2. The molecule has 104 valence electrons. The monoisotopic (exact) mass is 412 g/mol. The molecule has 10 heteroatoms. The fraction of sp³-hybridized carbons (Fsp3) is 0.100. The number of hydrogen-bond donors (Lipinski definition) is 1. The van der Waals surface area contributed by atoms with Crippen molar-refractivity contribution in [2.75, 3.05) is 5.73 Å². The van der Waals surface area contributed by atoms with E-state index in [0.29, 0.717) is 20.7 Å². The summed E-state index contributed by atoms with van der Waals surface area (Å²) in [4.78, 5) is 3.24. The minimum Gasteiger partial charge on any atom is -0.426 e. The smallest absolute Gasteiger partial charge is 0.426 e. The van der Waals surface area contributed by atoms with Crippen molar-refractivity contribution < 1.29 is 17.9 Å². The molecule has 0 aliphatic rings. The fourth-order valence-corrected chi connectivity index (χ4v) is 2.55. The number of anilines is 1. The Hall–Kier alpha value is -1.61. The van der Waals surface area contributed by atoms with Gasteiger partial charge < -0.3 is 10.5 Å². The number of ether oxygens (including phenoxy) is 1. The van der Waals surface area contributed by atoms with E-state index in [4.69, 9.17) is 15.7 Å². The average molecular weight is 412 g/mol. The van der Waals surface area contributed by atoms with Gasteiger partial charge in [0.2, 0.25) is 0 Å². The van der Waals surface area contributed by atoms with Gasteiger partial charge in [-0.1, -0.05) is 0 Å². The Balaban J connectivity index is 2.32. The maximum atomic E-state index is 12.4. The highest BCUT2D eigenvalue weighted by Gasteiger charge is 2.36. The van der Waals surface area contributed by atoms with Crippen molar-refractivity contribution in [1.82, 2.24) is 9.36 Å². The molecule has 5 nitrogen and oxygen atoms in total. The van der Waals surface area contributed by atoms with Crippen LogP contribution in [0.5, 0.6) is 10.9 Å². The van der Waals surface area contributed by atoms with E-state index in [-0.39, 0.29) is 16.6 Å². The highest BCUT2D eigenvalue weighted by Crippen LogP contribution is 2.36. The van der Waals surface area contributed by atoms with Crippen molar-refractivity contribution in [3.05, 3.63) is 27.1 Å². The molecule has 2 N–H and O–H groups in total. The Kier molecular flexibility index (Phi) is 4.00. The minimum absolute atomic E-state index is 0.136. The van der Waals surface area contributed by atoms with Crippen LogP contribution in [-0.2, 0) is 6.18 Å². The van der Waals surface area contributed by atoms with E-state index in [0.717, 1.165) is 0 Å². The van der Waals surface area contributed by atoms with Gasteiger partial charge in [0.05, 0.1) is 20.9 Å². The van der Waals surface area contributed by atoms with Gasteiger partial charge in [-0.05, 0) is 34.7 Å². The minimum atomic E-state index is -4.62. The van der Waals surface area contributed by atoms with Crippen molar-refractivity contribution in [2.45, 2.75) is 6.18 Å². The summed E-state index contributed by atoms with van der Waals surface area (Å²) in [5, 5.41) is 8.49. The van der Waals surface area contributed by atoms with Crippen LogP contribution < -0.4 is 10.5 Å². The van der Waals surface area contributed by atoms with Crippen LogP contribution in [0.4, 0.5) is 18.9 Å². The van der Waals surface area contributed by atoms with Crippen LogP contribution in [-0.4, -0.2) is 9.36 Å². The molecule has 0 saturated carbocycles. The van der Waals surface area contributed by atoms with Gasteiger partial charge in [0.15, 0.2) is 5.75 Å². The molecular formula is C10H4F3IN4OS. The number of rotatable bonds is 2. The van der Waals surface area contributed by atoms with Crippen LogP contribution in [0.2, 0.25) is 0 Å². The SMILES string of the molecule is N#Cc1cc(N)c(Oc2nc(C(F)(F)F)ns2)c(I)c1. The van der Waals surface area contributed by atoms with Crippen LogP contribution in [0.1, 0.15) is 11.4 Å². The summed E-state index contributed by atoms with van der Waals surface area (Å²) in [6, 6.07) is 4.77. The number of alkyl halides is 3. The normalized spacial score (nSPS) is 11.2. The van der Waals surface area contributed by atoms with Crippen molar-refractivity contribution in [3.8, 4) is 17.0 Å². The number of benzene rings is 1. The number of halogens is 4. The van der Waals surface area contributed by atoms with E-state index in [2.05, 4.69) is 9.36 Å². The molecule has 0 radical (unpaired) electrons. The van der Waals surface area contributed by atoms with Crippen molar-refractivity contribution in [1.29, 1.82) is 5.26 Å². The molecule has 0 atom stereocenters. The number of nitrogens with two attached hydrogens (primary N) is 1. The van der Waals surface area contributed by atoms with E-state index >= 15 is 0 Å². The summed E-state index contributed by atoms with van der Waals surface area (Å²) in [5.41, 5.74) is 6.15. The van der Waals surface area contributed by atoms with Crippen LogP contribution >= 0.6 is 34.1 Å². The molecule has 0 aliphatic carbocycles. The van der Waals surface area contributed by atoms with Crippen molar-refractivity contribution in [3.63, 3.8) is 0 Å². The molecule has 0 bridgehead atoms. The lowest BCUT2D eigenvalue weighted by Gasteiger charge is -2.07. The first-order valence-electron chi connectivity index (χ1n) is 4.89. The molecule has 0 aliphatic heterocycles. The summed E-state index contributed by atoms with van der Waals surface area (Å²) < 4.78 is 46.0. The molecule has 20 heavy (non-hydrogen) atoms. The Labute approximate surface area is 128 Å². The Morgan fingerprint density at radius 2 is 2.10 bits per heavy atom. The largest absolute Gasteiger partial charge is 0.452 e. The Morgan fingerprint density at radius 3 is 2.60 bits per heavy atom. The second-order valence-corrected chi connectivity index (χ2v) is 5.35. The van der Waals surface area contributed by atoms with Crippen LogP contribution in [0, 0.1) is 14.9 Å². The van der Waals surface area contributed by atoms with E-state index in [1.807, 2.05) is 28.7 Å². The summed E-state index contributed by atoms with van der Waals surface area (Å²) in [6.45, 7) is 0. The molecule has 0 fully saturated rings. The molecule has 2 rings (SSSR count). The quantitative estimate of drug-likeness (QED) is 0.604. The second kappa shape index (κ2) is 5.41. The van der Waals surface area contributed by atoms with E-state index < -0.39 is 12.0 Å². The predicted molar refractivity (Wildman–Crippen MR) is 73.3 cm³/mol. The zero-order valence-electron chi connectivity index (χ0n) is 9.40. The van der Waals surface area contributed by atoms with Gasteiger partial charge >= 0.3 is 6.18 Å². The third-order valence-corrected chi connectivity index (χ3v) is 3.45. The van der Waals surface area contributed by atoms with Crippen LogP contribution in [0.3, 0.4) is 0 Å². The van der Waals surface area contributed by atoms with Crippen LogP contribution in [0.25, 0.3) is 0 Å². The van der Waals surface area contributed by atoms with Gasteiger partial charge in [-0.3, -0.25) is 0 Å². The first kappa shape index (κ1) is 14.8. The lowest BCUT2D eigenvalue weighted by molar-refractivity contribution is -0.144. The second-order valence-electron chi connectivity index (χ2n) is 3.47. The van der Waals surface area contributed by atoms with Gasteiger partial charge in [-0.15, -0.1) is 0 Å². The predicted octanol–water partition coefficient (Wildman–Crippen LogP) is 3.41. The first-order chi connectivity index (χ1) is 9.31. The summed E-state index contributed by atoms with van der Waals surface area (Å²) in [6.07, 6.45) is -4.62. The zero-order chi connectivity index (χ0) is 14.9. The molecule has 1 aromatic carbocycles. The molecule has 0 unspecified atom stereocenters. The maximum Gasteiger partial charge on any atom is 0.452 e. The summed E-state index contributed by atoms with van der Waals surface area (Å²) in [5.74, 6) is -1.12. The number of nitrogen functional groups attached to an aromatic ring is 1. The lowest BCUT2D eigenvalue weighted by Crippen LogP contribution is -2.07. The van der Waals surface area contributed by atoms with Crippen LogP contribution in [0.15, 0.2) is 12.1 Å². The Morgan fingerprint density at radius 1 is 1.40 bits per heavy atom. The van der Waals surface area contributed by atoms with E-state index in [1.165, 1.54) is 12.1 Å². The molecule has 0 saturated heterocycles. The van der Waals surface area contributed by atoms with Gasteiger partial charge in [0, 0.05) is 11.5 Å². The highest BCUT2D eigenvalue weighted by molar-refractivity contribution is 14.1. The highest BCUT2D eigenvalue weighted by atomic mass is 127. The summed E-state index contributed by atoms with van der Waals surface area (Å²) in [7, 11) is 0. The molecule has 2 aromatic rings. The van der Waals surface area contributed by atoms with Gasteiger partial charge in [0.1, 0.15) is 0 Å². The fourth-order valence-electron chi connectivity index (χ4n) is 1.24. The molecular weight excluding hydrogens is 408 g/mol. The van der Waals surface area contributed by atoms with Gasteiger partial charge in [-0.25, -0.2) is 0 Å². The topological polar surface area (TPSA) is 84.8 Å². The number of hydrogen-bond acceptors (Lipinski definition) is 6. The van der Waals surface area contributed by atoms with E-state index in [9.17, 15) is 13.2 Å². The van der Waals surface area contributed by atoms with Crippen molar-refractivity contribution >= 4 is 39.8 Å². The maximum absolute atomic E-state index is 12.4. The zero-order valence-corrected chi connectivity index (χ0v) is 12.4. The average Bonchev–Trinajstić information content (AvgIpc) is 2.82. The van der Waals surface area contributed by atoms with E-state index in [1.54, 1.807) is 0 Å². The molecule has 0 spiro atoms. The first-order valence-corrected chi connectivity index (χ1v) is 6.74. The van der Waals surface area contributed by atoms with Gasteiger partial charge in [-0.2, -0.15) is 27.8 Å². The molecule has 1 aromatic heterocycles. The molecule has 0 amide bonds. The summed E-state index contributed by atoms with van der Waals surface area (Å²) >= 11 is 2.33. The van der Waals surface area contributed by atoms with Gasteiger partial charge in [0.25, 0.3) is 11.0 Å². The number of nitrogens with zero attached hydrogens (tertiary/aromatic N) is 3. The Bertz CT molecular complexity index is 672. The standard InChI is InChI=1S/C10H4F3IN4OS/c11-10(12,13)8-17-9(20-18-8)19-7-5(14)1-4(3-15)2-6(7)16/h1-2H,16H2. The third kappa shape index (κ3) is 3.10. The number of nitriles is 1. The molecule has 1 heterocycles.